The first-order valence-electron chi connectivity index (χ1n) is 6.77. The van der Waals surface area contributed by atoms with E-state index in [9.17, 15) is 0 Å². The zero-order valence-electron chi connectivity index (χ0n) is 11.7. The minimum Gasteiger partial charge on any atom is -0.411 e. The van der Waals surface area contributed by atoms with Crippen LogP contribution in [0.15, 0.2) is 74.0 Å². The van der Waals surface area contributed by atoms with Crippen LogP contribution in [0.4, 0.5) is 0 Å². The standard InChI is InChI=1S/C16H9BrN4OS/c17-12-7-3-1-5-10(12)14-20-21-16(22-14)23-15-11-6-2-4-8-13(11)18-9-19-15/h1-9H. The summed E-state index contributed by atoms with van der Waals surface area (Å²) < 4.78 is 6.66. The van der Waals surface area contributed by atoms with Crippen LogP contribution >= 0.6 is 27.7 Å². The Balaban J connectivity index is 1.69. The van der Waals surface area contributed by atoms with E-state index in [1.807, 2.05) is 48.5 Å². The van der Waals surface area contributed by atoms with Crippen LogP contribution in [0, 0.1) is 0 Å². The van der Waals surface area contributed by atoms with Crippen molar-refractivity contribution in [3.8, 4) is 11.5 Å². The van der Waals surface area contributed by atoms with E-state index >= 15 is 0 Å². The molecule has 0 spiro atoms. The molecule has 7 heteroatoms. The number of para-hydroxylation sites is 1. The van der Waals surface area contributed by atoms with Crippen molar-refractivity contribution in [1.29, 1.82) is 0 Å². The maximum Gasteiger partial charge on any atom is 0.283 e. The molecule has 0 atom stereocenters. The fourth-order valence-electron chi connectivity index (χ4n) is 2.14. The van der Waals surface area contributed by atoms with Gasteiger partial charge in [-0.3, -0.25) is 0 Å². The number of benzene rings is 2. The van der Waals surface area contributed by atoms with Gasteiger partial charge < -0.3 is 4.42 Å². The zero-order valence-corrected chi connectivity index (χ0v) is 14.1. The van der Waals surface area contributed by atoms with E-state index in [-0.39, 0.29) is 0 Å². The monoisotopic (exact) mass is 384 g/mol. The van der Waals surface area contributed by atoms with Crippen molar-refractivity contribution < 1.29 is 4.42 Å². The summed E-state index contributed by atoms with van der Waals surface area (Å²) in [6.45, 7) is 0. The first-order valence-corrected chi connectivity index (χ1v) is 8.38. The third-order valence-electron chi connectivity index (χ3n) is 3.20. The van der Waals surface area contributed by atoms with Crippen molar-refractivity contribution in [3.63, 3.8) is 0 Å². The molecule has 2 aromatic heterocycles. The number of fused-ring (bicyclic) bond motifs is 1. The van der Waals surface area contributed by atoms with Gasteiger partial charge in [-0.1, -0.05) is 30.3 Å². The second kappa shape index (κ2) is 6.10. The number of hydrogen-bond acceptors (Lipinski definition) is 6. The molecule has 0 amide bonds. The fourth-order valence-corrected chi connectivity index (χ4v) is 3.34. The fraction of sp³-hybridized carbons (Fsp3) is 0. The van der Waals surface area contributed by atoms with Gasteiger partial charge in [0.25, 0.3) is 5.22 Å². The van der Waals surface area contributed by atoms with E-state index in [1.54, 1.807) is 0 Å². The summed E-state index contributed by atoms with van der Waals surface area (Å²) in [6, 6.07) is 15.5. The molecule has 23 heavy (non-hydrogen) atoms. The Kier molecular flexibility index (Phi) is 3.80. The molecule has 5 nitrogen and oxygen atoms in total. The van der Waals surface area contributed by atoms with Gasteiger partial charge >= 0.3 is 0 Å². The van der Waals surface area contributed by atoms with Gasteiger partial charge in [-0.15, -0.1) is 10.2 Å². The van der Waals surface area contributed by atoms with E-state index in [2.05, 4.69) is 36.1 Å². The van der Waals surface area contributed by atoms with Crippen LogP contribution < -0.4 is 0 Å². The summed E-state index contributed by atoms with van der Waals surface area (Å²) in [7, 11) is 0. The molecule has 0 saturated heterocycles. The Morgan fingerprint density at radius 3 is 2.65 bits per heavy atom. The molecular formula is C16H9BrN4OS. The second-order valence-corrected chi connectivity index (χ2v) is 6.45. The first-order chi connectivity index (χ1) is 11.3. The van der Waals surface area contributed by atoms with Gasteiger partial charge in [-0.25, -0.2) is 9.97 Å². The highest BCUT2D eigenvalue weighted by atomic mass is 79.9. The van der Waals surface area contributed by atoms with E-state index in [0.29, 0.717) is 11.1 Å². The van der Waals surface area contributed by atoms with E-state index in [1.165, 1.54) is 18.1 Å². The third-order valence-corrected chi connectivity index (χ3v) is 4.75. The Hall–Kier alpha value is -2.25. The molecule has 4 rings (SSSR count). The SMILES string of the molecule is Brc1ccccc1-c1nnc(Sc2ncnc3ccccc23)o1. The topological polar surface area (TPSA) is 64.7 Å². The van der Waals surface area contributed by atoms with Gasteiger partial charge in [0.15, 0.2) is 0 Å². The highest BCUT2D eigenvalue weighted by Crippen LogP contribution is 2.33. The lowest BCUT2D eigenvalue weighted by molar-refractivity contribution is 0.465. The maximum absolute atomic E-state index is 5.75. The molecule has 112 valence electrons. The number of hydrogen-bond donors (Lipinski definition) is 0. The van der Waals surface area contributed by atoms with Gasteiger partial charge in [0.05, 0.1) is 11.1 Å². The summed E-state index contributed by atoms with van der Waals surface area (Å²) in [6.07, 6.45) is 1.54. The summed E-state index contributed by atoms with van der Waals surface area (Å²) in [5.74, 6) is 0.471. The molecule has 0 bridgehead atoms. The third kappa shape index (κ3) is 2.85. The second-order valence-electron chi connectivity index (χ2n) is 4.65. The Bertz CT molecular complexity index is 983. The molecule has 2 heterocycles. The zero-order chi connectivity index (χ0) is 15.6. The van der Waals surface area contributed by atoms with Crippen LogP contribution in [0.3, 0.4) is 0 Å². The Morgan fingerprint density at radius 2 is 1.74 bits per heavy atom. The smallest absolute Gasteiger partial charge is 0.283 e. The Labute approximate surface area is 144 Å². The summed E-state index contributed by atoms with van der Waals surface area (Å²) in [5.41, 5.74) is 1.75. The number of rotatable bonds is 3. The average Bonchev–Trinajstić information content (AvgIpc) is 3.04. The molecule has 0 N–H and O–H groups in total. The first kappa shape index (κ1) is 14.3. The van der Waals surface area contributed by atoms with Crippen molar-refractivity contribution in [2.75, 3.05) is 0 Å². The predicted octanol–water partition coefficient (Wildman–Crippen LogP) is 4.59. The normalized spacial score (nSPS) is 11.0. The lowest BCUT2D eigenvalue weighted by Gasteiger charge is -2.01. The van der Waals surface area contributed by atoms with Crippen LogP contribution in [0.1, 0.15) is 0 Å². The number of halogens is 1. The van der Waals surface area contributed by atoms with Crippen LogP contribution in [0.25, 0.3) is 22.4 Å². The molecule has 0 fully saturated rings. The predicted molar refractivity (Wildman–Crippen MR) is 91.1 cm³/mol. The molecule has 0 saturated carbocycles. The van der Waals surface area contributed by atoms with Gasteiger partial charge in [0.1, 0.15) is 11.4 Å². The lowest BCUT2D eigenvalue weighted by atomic mass is 10.2. The maximum atomic E-state index is 5.75. The summed E-state index contributed by atoms with van der Waals surface area (Å²) in [4.78, 5) is 8.57. The summed E-state index contributed by atoms with van der Waals surface area (Å²) >= 11 is 4.82. The average molecular weight is 385 g/mol. The minimum atomic E-state index is 0.444. The Morgan fingerprint density at radius 1 is 0.913 bits per heavy atom. The van der Waals surface area contributed by atoms with Crippen molar-refractivity contribution in [2.24, 2.45) is 0 Å². The van der Waals surface area contributed by atoms with Gasteiger partial charge in [-0.2, -0.15) is 0 Å². The van der Waals surface area contributed by atoms with Crippen molar-refractivity contribution in [3.05, 3.63) is 59.3 Å². The highest BCUT2D eigenvalue weighted by Gasteiger charge is 2.14. The van der Waals surface area contributed by atoms with Crippen LogP contribution in [0.2, 0.25) is 0 Å². The highest BCUT2D eigenvalue weighted by molar-refractivity contribution is 9.10. The molecular weight excluding hydrogens is 376 g/mol. The molecule has 4 aromatic rings. The van der Waals surface area contributed by atoms with E-state index in [0.717, 1.165) is 26.0 Å². The molecule has 0 radical (unpaired) electrons. The molecule has 0 aliphatic heterocycles. The quantitative estimate of drug-likeness (QED) is 0.481. The van der Waals surface area contributed by atoms with E-state index < -0.39 is 0 Å². The molecule has 2 aromatic carbocycles. The van der Waals surface area contributed by atoms with E-state index in [4.69, 9.17) is 4.42 Å². The van der Waals surface area contributed by atoms with Crippen molar-refractivity contribution in [1.82, 2.24) is 20.2 Å². The van der Waals surface area contributed by atoms with Gasteiger partial charge in [-0.05, 0) is 45.9 Å². The van der Waals surface area contributed by atoms with Gasteiger partial charge in [0.2, 0.25) is 5.89 Å². The van der Waals surface area contributed by atoms with Crippen molar-refractivity contribution >= 4 is 38.6 Å². The van der Waals surface area contributed by atoms with Crippen LogP contribution in [0.5, 0.6) is 0 Å². The lowest BCUT2D eigenvalue weighted by Crippen LogP contribution is -1.86. The van der Waals surface area contributed by atoms with Crippen LogP contribution in [-0.4, -0.2) is 20.2 Å². The minimum absolute atomic E-state index is 0.444. The van der Waals surface area contributed by atoms with Crippen LogP contribution in [-0.2, 0) is 0 Å². The number of aromatic nitrogens is 4. The molecule has 0 aliphatic carbocycles. The molecule has 0 unspecified atom stereocenters. The number of nitrogens with zero attached hydrogens (tertiary/aromatic N) is 4. The van der Waals surface area contributed by atoms with Crippen molar-refractivity contribution in [2.45, 2.75) is 10.2 Å². The van der Waals surface area contributed by atoms with Gasteiger partial charge in [0, 0.05) is 9.86 Å². The molecule has 0 aliphatic rings. The summed E-state index contributed by atoms with van der Waals surface area (Å²) in [5, 5.41) is 10.4. The largest absolute Gasteiger partial charge is 0.411 e.